The van der Waals surface area contributed by atoms with E-state index in [2.05, 4.69) is 17.2 Å². The number of aromatic nitrogens is 2. The third-order valence-electron chi connectivity index (χ3n) is 2.19. The van der Waals surface area contributed by atoms with E-state index in [1.807, 2.05) is 18.2 Å². The lowest BCUT2D eigenvalue weighted by Crippen LogP contribution is -2.17. The van der Waals surface area contributed by atoms with Crippen LogP contribution in [-0.2, 0) is 12.8 Å². The summed E-state index contributed by atoms with van der Waals surface area (Å²) in [6.07, 6.45) is 1.72. The Bertz CT molecular complexity index is 522. The fourth-order valence-corrected chi connectivity index (χ4v) is 2.10. The lowest BCUT2D eigenvalue weighted by molar-refractivity contribution is 0.696. The molecular weight excluding hydrogens is 220 g/mol. The summed E-state index contributed by atoms with van der Waals surface area (Å²) in [6, 6.07) is 11.8. The Morgan fingerprint density at radius 1 is 1.31 bits per heavy atom. The first-order chi connectivity index (χ1) is 7.75. The molecule has 2 rings (SSSR count). The van der Waals surface area contributed by atoms with Crippen molar-refractivity contribution < 1.29 is 0 Å². The summed E-state index contributed by atoms with van der Waals surface area (Å²) in [5.41, 5.74) is 1.17. The van der Waals surface area contributed by atoms with E-state index in [-0.39, 0.29) is 5.56 Å². The lowest BCUT2D eigenvalue weighted by atomic mass is 10.2. The Kier molecular flexibility index (Phi) is 3.41. The normalized spacial score (nSPS) is 10.3. The molecule has 0 amide bonds. The monoisotopic (exact) mass is 232 g/mol. The molecular formula is C12H12N2OS. The fraction of sp³-hybridized carbons (Fsp3) is 0.167. The van der Waals surface area contributed by atoms with Crippen LogP contribution >= 0.6 is 11.8 Å². The van der Waals surface area contributed by atoms with Crippen LogP contribution in [0.3, 0.4) is 0 Å². The highest BCUT2D eigenvalue weighted by Gasteiger charge is 1.98. The maximum absolute atomic E-state index is 11.3. The molecule has 1 heterocycles. The predicted molar refractivity (Wildman–Crippen MR) is 65.5 cm³/mol. The van der Waals surface area contributed by atoms with E-state index in [1.54, 1.807) is 31.1 Å². The van der Waals surface area contributed by atoms with Crippen molar-refractivity contribution >= 4 is 11.8 Å². The topological polar surface area (TPSA) is 34.9 Å². The van der Waals surface area contributed by atoms with Gasteiger partial charge in [-0.2, -0.15) is 5.10 Å². The first-order valence-electron chi connectivity index (χ1n) is 4.96. The minimum absolute atomic E-state index is 0.0712. The number of hydrogen-bond donors (Lipinski definition) is 0. The van der Waals surface area contributed by atoms with Crippen molar-refractivity contribution in [1.29, 1.82) is 0 Å². The maximum atomic E-state index is 11.3. The standard InChI is InChI=1S/C12H12N2OS/c1-14-12(15)7-11(8-13-14)16-9-10-5-3-2-4-6-10/h2-8H,9H2,1H3. The minimum Gasteiger partial charge on any atom is -0.268 e. The van der Waals surface area contributed by atoms with Gasteiger partial charge in [0.2, 0.25) is 0 Å². The molecule has 0 atom stereocenters. The van der Waals surface area contributed by atoms with Crippen LogP contribution in [0.1, 0.15) is 5.56 Å². The van der Waals surface area contributed by atoms with Gasteiger partial charge in [0.15, 0.2) is 0 Å². The molecule has 1 aromatic carbocycles. The average Bonchev–Trinajstić information content (AvgIpc) is 2.32. The molecule has 0 bridgehead atoms. The minimum atomic E-state index is -0.0712. The van der Waals surface area contributed by atoms with Crippen LogP contribution in [-0.4, -0.2) is 9.78 Å². The van der Waals surface area contributed by atoms with E-state index in [9.17, 15) is 4.79 Å². The van der Waals surface area contributed by atoms with Gasteiger partial charge < -0.3 is 0 Å². The quantitative estimate of drug-likeness (QED) is 0.760. The number of aryl methyl sites for hydroxylation is 1. The van der Waals surface area contributed by atoms with E-state index < -0.39 is 0 Å². The fourth-order valence-electron chi connectivity index (χ4n) is 1.27. The van der Waals surface area contributed by atoms with E-state index in [4.69, 9.17) is 0 Å². The lowest BCUT2D eigenvalue weighted by Gasteiger charge is -2.01. The zero-order chi connectivity index (χ0) is 11.4. The van der Waals surface area contributed by atoms with Gasteiger partial charge in [-0.05, 0) is 5.56 Å². The Morgan fingerprint density at radius 2 is 2.06 bits per heavy atom. The largest absolute Gasteiger partial charge is 0.268 e. The van der Waals surface area contributed by atoms with Crippen molar-refractivity contribution in [1.82, 2.24) is 9.78 Å². The van der Waals surface area contributed by atoms with Crippen molar-refractivity contribution in [2.75, 3.05) is 0 Å². The number of nitrogens with zero attached hydrogens (tertiary/aromatic N) is 2. The molecule has 3 nitrogen and oxygen atoms in total. The van der Waals surface area contributed by atoms with E-state index in [1.165, 1.54) is 10.2 Å². The molecule has 82 valence electrons. The molecule has 0 N–H and O–H groups in total. The molecule has 16 heavy (non-hydrogen) atoms. The highest BCUT2D eigenvalue weighted by atomic mass is 32.2. The molecule has 0 aliphatic rings. The first-order valence-corrected chi connectivity index (χ1v) is 5.94. The highest BCUT2D eigenvalue weighted by molar-refractivity contribution is 7.98. The second-order valence-electron chi connectivity index (χ2n) is 3.43. The van der Waals surface area contributed by atoms with Crippen LogP contribution in [0.2, 0.25) is 0 Å². The van der Waals surface area contributed by atoms with Crippen LogP contribution < -0.4 is 5.56 Å². The van der Waals surface area contributed by atoms with Crippen LogP contribution in [0.15, 0.2) is 52.3 Å². The first kappa shape index (κ1) is 11.0. The van der Waals surface area contributed by atoms with E-state index in [0.29, 0.717) is 0 Å². The summed E-state index contributed by atoms with van der Waals surface area (Å²) in [7, 11) is 1.65. The van der Waals surface area contributed by atoms with Gasteiger partial charge in [0, 0.05) is 23.8 Å². The molecule has 0 radical (unpaired) electrons. The van der Waals surface area contributed by atoms with Gasteiger partial charge in [-0.25, -0.2) is 4.68 Å². The van der Waals surface area contributed by atoms with Gasteiger partial charge in [0.05, 0.1) is 6.20 Å². The van der Waals surface area contributed by atoms with Gasteiger partial charge >= 0.3 is 0 Å². The molecule has 1 aromatic heterocycles. The van der Waals surface area contributed by atoms with Gasteiger partial charge in [0.25, 0.3) is 5.56 Å². The van der Waals surface area contributed by atoms with E-state index in [0.717, 1.165) is 10.6 Å². The van der Waals surface area contributed by atoms with Crippen molar-refractivity contribution in [3.8, 4) is 0 Å². The third-order valence-corrected chi connectivity index (χ3v) is 3.23. The summed E-state index contributed by atoms with van der Waals surface area (Å²) in [5.74, 6) is 0.857. The molecule has 0 unspecified atom stereocenters. The summed E-state index contributed by atoms with van der Waals surface area (Å²) in [5, 5.41) is 3.97. The predicted octanol–water partition coefficient (Wildman–Crippen LogP) is 2.07. The second-order valence-corrected chi connectivity index (χ2v) is 4.48. The van der Waals surface area contributed by atoms with Gasteiger partial charge in [-0.1, -0.05) is 30.3 Å². The Labute approximate surface area is 98.1 Å². The van der Waals surface area contributed by atoms with Crippen molar-refractivity contribution in [3.63, 3.8) is 0 Å². The highest BCUT2D eigenvalue weighted by Crippen LogP contribution is 2.20. The summed E-state index contributed by atoms with van der Waals surface area (Å²) in [6.45, 7) is 0. The molecule has 0 saturated heterocycles. The number of hydrogen-bond acceptors (Lipinski definition) is 3. The number of benzene rings is 1. The second kappa shape index (κ2) is 4.99. The smallest absolute Gasteiger partial charge is 0.267 e. The Morgan fingerprint density at radius 3 is 2.75 bits per heavy atom. The van der Waals surface area contributed by atoms with Crippen LogP contribution in [0.4, 0.5) is 0 Å². The Balaban J connectivity index is 2.05. The molecule has 0 aliphatic heterocycles. The zero-order valence-electron chi connectivity index (χ0n) is 8.96. The molecule has 0 fully saturated rings. The van der Waals surface area contributed by atoms with Crippen molar-refractivity contribution in [2.24, 2.45) is 7.05 Å². The SMILES string of the molecule is Cn1ncc(SCc2ccccc2)cc1=O. The molecule has 0 spiro atoms. The molecule has 0 aliphatic carbocycles. The van der Waals surface area contributed by atoms with Gasteiger partial charge in [-0.3, -0.25) is 4.79 Å². The zero-order valence-corrected chi connectivity index (χ0v) is 9.78. The third kappa shape index (κ3) is 2.73. The summed E-state index contributed by atoms with van der Waals surface area (Å²) >= 11 is 1.62. The number of rotatable bonds is 3. The molecule has 0 saturated carbocycles. The van der Waals surface area contributed by atoms with Crippen LogP contribution in [0.25, 0.3) is 0 Å². The molecule has 4 heteroatoms. The van der Waals surface area contributed by atoms with E-state index >= 15 is 0 Å². The summed E-state index contributed by atoms with van der Waals surface area (Å²) in [4.78, 5) is 12.2. The van der Waals surface area contributed by atoms with Gasteiger partial charge in [-0.15, -0.1) is 11.8 Å². The maximum Gasteiger partial charge on any atom is 0.267 e. The molecule has 2 aromatic rings. The van der Waals surface area contributed by atoms with Gasteiger partial charge in [0.1, 0.15) is 0 Å². The van der Waals surface area contributed by atoms with Crippen molar-refractivity contribution in [2.45, 2.75) is 10.6 Å². The Hall–Kier alpha value is -1.55. The average molecular weight is 232 g/mol. The summed E-state index contributed by atoms with van der Waals surface area (Å²) < 4.78 is 1.33. The van der Waals surface area contributed by atoms with Crippen LogP contribution in [0.5, 0.6) is 0 Å². The van der Waals surface area contributed by atoms with Crippen molar-refractivity contribution in [3.05, 3.63) is 58.5 Å². The number of thioether (sulfide) groups is 1. The van der Waals surface area contributed by atoms with Crippen LogP contribution in [0, 0.1) is 0 Å².